The van der Waals surface area contributed by atoms with Crippen LogP contribution in [0.4, 0.5) is 10.5 Å². The van der Waals surface area contributed by atoms with E-state index in [1.54, 1.807) is 30.5 Å². The van der Waals surface area contributed by atoms with Gasteiger partial charge >= 0.3 is 6.03 Å². The number of hydrogen-bond donors (Lipinski definition) is 1. The lowest BCUT2D eigenvalue weighted by Crippen LogP contribution is -2.36. The van der Waals surface area contributed by atoms with Gasteiger partial charge in [-0.3, -0.25) is 4.98 Å². The Morgan fingerprint density at radius 1 is 1.00 bits per heavy atom. The van der Waals surface area contributed by atoms with Crippen LogP contribution in [-0.4, -0.2) is 22.5 Å². The van der Waals surface area contributed by atoms with Crippen LogP contribution in [0, 0.1) is 0 Å². The number of carbonyl (C=O) groups excluding carboxylic acids is 1. The fourth-order valence-corrected chi connectivity index (χ4v) is 3.24. The van der Waals surface area contributed by atoms with E-state index in [9.17, 15) is 4.79 Å². The number of pyridine rings is 1. The summed E-state index contributed by atoms with van der Waals surface area (Å²) in [5, 5.41) is 3.61. The molecule has 0 unspecified atom stereocenters. The van der Waals surface area contributed by atoms with E-state index in [0.717, 1.165) is 16.9 Å². The Kier molecular flexibility index (Phi) is 7.11. The van der Waals surface area contributed by atoms with Gasteiger partial charge in [0, 0.05) is 42.1 Å². The average Bonchev–Trinajstić information content (AvgIpc) is 2.73. The number of nitrogens with zero attached hydrogens (tertiary/aromatic N) is 2. The second kappa shape index (κ2) is 9.77. The van der Waals surface area contributed by atoms with Gasteiger partial charge in [0.2, 0.25) is 0 Å². The molecule has 0 aliphatic carbocycles. The van der Waals surface area contributed by atoms with E-state index in [-0.39, 0.29) is 11.4 Å². The second-order valence-corrected chi connectivity index (χ2v) is 8.81. The van der Waals surface area contributed by atoms with E-state index in [1.165, 1.54) is 5.56 Å². The van der Waals surface area contributed by atoms with Gasteiger partial charge in [-0.05, 0) is 52.9 Å². The Morgan fingerprint density at radius 3 is 2.30 bits per heavy atom. The SMILES string of the molecule is CC(C)(C)c1ccc(CN(CCc2ccccn2)C(=O)Nc2ccc(Cl)cc2)cc1. The molecule has 0 fully saturated rings. The van der Waals surface area contributed by atoms with Crippen LogP contribution in [0.3, 0.4) is 0 Å². The van der Waals surface area contributed by atoms with Gasteiger partial charge in [0.1, 0.15) is 0 Å². The molecule has 0 aliphatic heterocycles. The van der Waals surface area contributed by atoms with Crippen LogP contribution in [-0.2, 0) is 18.4 Å². The molecule has 0 bridgehead atoms. The summed E-state index contributed by atoms with van der Waals surface area (Å²) >= 11 is 5.95. The van der Waals surface area contributed by atoms with Crippen LogP contribution in [0.25, 0.3) is 0 Å². The number of benzene rings is 2. The van der Waals surface area contributed by atoms with Crippen molar-refractivity contribution in [1.82, 2.24) is 9.88 Å². The van der Waals surface area contributed by atoms with Crippen LogP contribution < -0.4 is 5.32 Å². The van der Waals surface area contributed by atoms with E-state index in [1.807, 2.05) is 23.1 Å². The van der Waals surface area contributed by atoms with Crippen molar-refractivity contribution in [2.24, 2.45) is 0 Å². The largest absolute Gasteiger partial charge is 0.322 e. The van der Waals surface area contributed by atoms with E-state index < -0.39 is 0 Å². The highest BCUT2D eigenvalue weighted by molar-refractivity contribution is 6.30. The zero-order valence-electron chi connectivity index (χ0n) is 17.7. The summed E-state index contributed by atoms with van der Waals surface area (Å²) in [5.41, 5.74) is 4.15. The fraction of sp³-hybridized carbons (Fsp3) is 0.280. The number of anilines is 1. The third-order valence-electron chi connectivity index (χ3n) is 4.94. The van der Waals surface area contributed by atoms with Gasteiger partial charge in [-0.15, -0.1) is 0 Å². The quantitative estimate of drug-likeness (QED) is 0.506. The topological polar surface area (TPSA) is 45.2 Å². The van der Waals surface area contributed by atoms with Crippen molar-refractivity contribution in [3.8, 4) is 0 Å². The van der Waals surface area contributed by atoms with Crippen molar-refractivity contribution in [1.29, 1.82) is 0 Å². The van der Waals surface area contributed by atoms with Crippen LogP contribution in [0.5, 0.6) is 0 Å². The average molecular weight is 422 g/mol. The van der Waals surface area contributed by atoms with Gasteiger partial charge < -0.3 is 10.2 Å². The van der Waals surface area contributed by atoms with Crippen molar-refractivity contribution in [3.05, 3.63) is 94.8 Å². The van der Waals surface area contributed by atoms with E-state index in [4.69, 9.17) is 11.6 Å². The Hall–Kier alpha value is -2.85. The molecule has 156 valence electrons. The Balaban J connectivity index is 1.74. The molecule has 4 nitrogen and oxygen atoms in total. The first-order chi connectivity index (χ1) is 14.3. The number of urea groups is 1. The molecule has 1 N–H and O–H groups in total. The molecule has 1 heterocycles. The Bertz CT molecular complexity index is 948. The summed E-state index contributed by atoms with van der Waals surface area (Å²) in [7, 11) is 0. The molecular formula is C25H28ClN3O. The molecule has 0 aliphatic rings. The lowest BCUT2D eigenvalue weighted by atomic mass is 9.87. The molecule has 5 heteroatoms. The molecule has 0 saturated heterocycles. The third kappa shape index (κ3) is 6.33. The zero-order chi connectivity index (χ0) is 21.6. The molecule has 2 amide bonds. The Morgan fingerprint density at radius 2 is 1.70 bits per heavy atom. The molecule has 0 radical (unpaired) electrons. The number of halogens is 1. The minimum Gasteiger partial charge on any atom is -0.320 e. The highest BCUT2D eigenvalue weighted by atomic mass is 35.5. The van der Waals surface area contributed by atoms with Crippen LogP contribution in [0.1, 0.15) is 37.6 Å². The number of carbonyl (C=O) groups is 1. The Labute approximate surface area is 183 Å². The number of nitrogens with one attached hydrogen (secondary N) is 1. The minimum absolute atomic E-state index is 0.100. The zero-order valence-corrected chi connectivity index (χ0v) is 18.5. The fourth-order valence-electron chi connectivity index (χ4n) is 3.11. The molecule has 2 aromatic carbocycles. The molecule has 30 heavy (non-hydrogen) atoms. The molecule has 1 aromatic heterocycles. The maximum Gasteiger partial charge on any atom is 0.322 e. The van der Waals surface area contributed by atoms with Crippen molar-refractivity contribution >= 4 is 23.3 Å². The first-order valence-corrected chi connectivity index (χ1v) is 10.5. The molecule has 3 aromatic rings. The van der Waals surface area contributed by atoms with Gasteiger partial charge in [0.15, 0.2) is 0 Å². The number of hydrogen-bond acceptors (Lipinski definition) is 2. The predicted octanol–water partition coefficient (Wildman–Crippen LogP) is 6.31. The van der Waals surface area contributed by atoms with Gasteiger partial charge in [0.25, 0.3) is 0 Å². The van der Waals surface area contributed by atoms with Crippen LogP contribution in [0.15, 0.2) is 72.9 Å². The van der Waals surface area contributed by atoms with Crippen LogP contribution in [0.2, 0.25) is 5.02 Å². The second-order valence-electron chi connectivity index (χ2n) is 8.38. The smallest absolute Gasteiger partial charge is 0.320 e. The van der Waals surface area contributed by atoms with E-state index in [2.05, 4.69) is 55.3 Å². The first-order valence-electron chi connectivity index (χ1n) is 10.1. The van der Waals surface area contributed by atoms with E-state index >= 15 is 0 Å². The number of amides is 2. The predicted molar refractivity (Wildman–Crippen MR) is 124 cm³/mol. The standard InChI is InChI=1S/C25H28ClN3O/c1-25(2,3)20-9-7-19(8-10-20)18-29(17-15-22-6-4-5-16-27-22)24(30)28-23-13-11-21(26)12-14-23/h4-14,16H,15,17-18H2,1-3H3,(H,28,30). The monoisotopic (exact) mass is 421 g/mol. The summed E-state index contributed by atoms with van der Waals surface area (Å²) in [5.74, 6) is 0. The van der Waals surface area contributed by atoms with Gasteiger partial charge in [-0.2, -0.15) is 0 Å². The maximum atomic E-state index is 13.0. The first kappa shape index (κ1) is 21.8. The van der Waals surface area contributed by atoms with Crippen molar-refractivity contribution in [2.45, 2.75) is 39.2 Å². The number of rotatable bonds is 6. The molecule has 0 saturated carbocycles. The summed E-state index contributed by atoms with van der Waals surface area (Å²) in [6.45, 7) is 7.68. The van der Waals surface area contributed by atoms with Gasteiger partial charge in [0.05, 0.1) is 0 Å². The maximum absolute atomic E-state index is 13.0. The van der Waals surface area contributed by atoms with Crippen molar-refractivity contribution < 1.29 is 4.79 Å². The lowest BCUT2D eigenvalue weighted by molar-refractivity contribution is 0.209. The van der Waals surface area contributed by atoms with Gasteiger partial charge in [-0.1, -0.05) is 62.7 Å². The highest BCUT2D eigenvalue weighted by Crippen LogP contribution is 2.23. The minimum atomic E-state index is -0.145. The molecule has 0 atom stereocenters. The summed E-state index contributed by atoms with van der Waals surface area (Å²) < 4.78 is 0. The van der Waals surface area contributed by atoms with Crippen molar-refractivity contribution in [3.63, 3.8) is 0 Å². The lowest BCUT2D eigenvalue weighted by Gasteiger charge is -2.24. The van der Waals surface area contributed by atoms with Crippen molar-refractivity contribution in [2.75, 3.05) is 11.9 Å². The van der Waals surface area contributed by atoms with Gasteiger partial charge in [-0.25, -0.2) is 4.79 Å². The highest BCUT2D eigenvalue weighted by Gasteiger charge is 2.17. The molecule has 3 rings (SSSR count). The van der Waals surface area contributed by atoms with E-state index in [0.29, 0.717) is 24.5 Å². The summed E-state index contributed by atoms with van der Waals surface area (Å²) in [4.78, 5) is 19.2. The summed E-state index contributed by atoms with van der Waals surface area (Å²) in [6.07, 6.45) is 2.47. The number of aromatic nitrogens is 1. The normalized spacial score (nSPS) is 11.2. The summed E-state index contributed by atoms with van der Waals surface area (Å²) in [6, 6.07) is 21.3. The molecular weight excluding hydrogens is 394 g/mol. The molecule has 0 spiro atoms. The third-order valence-corrected chi connectivity index (χ3v) is 5.19. The van der Waals surface area contributed by atoms with Crippen LogP contribution >= 0.6 is 11.6 Å².